The molecular weight excluding hydrogens is 416 g/mol. The second-order valence-corrected chi connectivity index (χ2v) is 8.10. The minimum atomic E-state index is -0.156. The third-order valence-corrected chi connectivity index (χ3v) is 5.57. The topological polar surface area (TPSA) is 66.9 Å². The highest BCUT2D eigenvalue weighted by molar-refractivity contribution is 5.89. The number of pyridine rings is 1. The van der Waals surface area contributed by atoms with Gasteiger partial charge in [0.2, 0.25) is 5.88 Å². The molecule has 0 aliphatic carbocycles. The number of ether oxygens (including phenoxy) is 2. The molecule has 0 unspecified atom stereocenters. The lowest BCUT2D eigenvalue weighted by Gasteiger charge is -2.35. The van der Waals surface area contributed by atoms with Crippen LogP contribution in [0.3, 0.4) is 0 Å². The van der Waals surface area contributed by atoms with Crippen molar-refractivity contribution >= 4 is 11.7 Å². The number of hydrogen-bond donors (Lipinski definition) is 1. The maximum atomic E-state index is 13.4. The van der Waals surface area contributed by atoms with Crippen molar-refractivity contribution in [2.45, 2.75) is 19.5 Å². The quantitative estimate of drug-likeness (QED) is 0.547. The molecular formula is C26H30N4O3. The van der Waals surface area contributed by atoms with E-state index in [2.05, 4.69) is 22.1 Å². The van der Waals surface area contributed by atoms with Crippen LogP contribution in [0.2, 0.25) is 0 Å². The van der Waals surface area contributed by atoms with Crippen LogP contribution >= 0.6 is 0 Å². The first kappa shape index (κ1) is 22.8. The number of anilines is 1. The summed E-state index contributed by atoms with van der Waals surface area (Å²) in [6.07, 6.45) is 1.63. The number of urea groups is 1. The fraction of sp³-hybridized carbons (Fsp3) is 0.308. The van der Waals surface area contributed by atoms with Gasteiger partial charge in [-0.1, -0.05) is 48.5 Å². The molecule has 33 heavy (non-hydrogen) atoms. The fourth-order valence-electron chi connectivity index (χ4n) is 3.81. The fourth-order valence-corrected chi connectivity index (χ4v) is 3.81. The molecule has 1 atom stereocenters. The Hall–Kier alpha value is -3.42. The molecule has 0 saturated carbocycles. The zero-order valence-electron chi connectivity index (χ0n) is 18.9. The maximum absolute atomic E-state index is 13.4. The van der Waals surface area contributed by atoms with E-state index in [1.807, 2.05) is 65.6 Å². The summed E-state index contributed by atoms with van der Waals surface area (Å²) >= 11 is 0. The number of carbonyl (C=O) groups is 1. The lowest BCUT2D eigenvalue weighted by molar-refractivity contribution is 0.0277. The van der Waals surface area contributed by atoms with E-state index in [4.69, 9.17) is 9.47 Å². The van der Waals surface area contributed by atoms with Crippen molar-refractivity contribution in [1.82, 2.24) is 14.8 Å². The van der Waals surface area contributed by atoms with Gasteiger partial charge in [0.05, 0.1) is 13.2 Å². The number of morpholine rings is 1. The number of aromatic nitrogens is 1. The first-order valence-corrected chi connectivity index (χ1v) is 11.3. The number of hydrogen-bond acceptors (Lipinski definition) is 5. The van der Waals surface area contributed by atoms with Crippen LogP contribution in [-0.4, -0.2) is 59.7 Å². The van der Waals surface area contributed by atoms with E-state index in [-0.39, 0.29) is 12.1 Å². The number of nitrogens with one attached hydrogen (secondary N) is 1. The largest absolute Gasteiger partial charge is 0.439 e. The maximum Gasteiger partial charge on any atom is 0.322 e. The van der Waals surface area contributed by atoms with E-state index in [1.54, 1.807) is 18.3 Å². The van der Waals surface area contributed by atoms with Crippen LogP contribution in [-0.2, 0) is 11.3 Å². The zero-order valence-corrected chi connectivity index (χ0v) is 18.9. The summed E-state index contributed by atoms with van der Waals surface area (Å²) in [5.41, 5.74) is 1.72. The van der Waals surface area contributed by atoms with Gasteiger partial charge in [0.1, 0.15) is 5.75 Å². The van der Waals surface area contributed by atoms with Crippen molar-refractivity contribution in [3.05, 3.63) is 84.6 Å². The number of amides is 2. The number of rotatable bonds is 8. The Morgan fingerprint density at radius 3 is 2.52 bits per heavy atom. The molecule has 1 aliphatic rings. The predicted octanol–water partition coefficient (Wildman–Crippen LogP) is 4.63. The minimum Gasteiger partial charge on any atom is -0.439 e. The van der Waals surface area contributed by atoms with Gasteiger partial charge < -0.3 is 19.7 Å². The highest BCUT2D eigenvalue weighted by Gasteiger charge is 2.24. The highest BCUT2D eigenvalue weighted by atomic mass is 16.5. The first-order chi connectivity index (χ1) is 16.2. The monoisotopic (exact) mass is 446 g/mol. The van der Waals surface area contributed by atoms with E-state index in [9.17, 15) is 4.79 Å². The summed E-state index contributed by atoms with van der Waals surface area (Å²) in [6.45, 7) is 6.65. The van der Waals surface area contributed by atoms with Crippen LogP contribution in [0, 0.1) is 0 Å². The van der Waals surface area contributed by atoms with E-state index in [0.717, 1.165) is 38.4 Å². The van der Waals surface area contributed by atoms with Gasteiger partial charge in [0.25, 0.3) is 0 Å². The van der Waals surface area contributed by atoms with E-state index in [1.165, 1.54) is 0 Å². The zero-order chi connectivity index (χ0) is 22.9. The Morgan fingerprint density at radius 2 is 1.79 bits per heavy atom. The molecule has 1 saturated heterocycles. The molecule has 0 radical (unpaired) electrons. The van der Waals surface area contributed by atoms with E-state index < -0.39 is 0 Å². The van der Waals surface area contributed by atoms with E-state index >= 15 is 0 Å². The molecule has 0 spiro atoms. The molecule has 1 fully saturated rings. The third kappa shape index (κ3) is 6.78. The average Bonchev–Trinajstić information content (AvgIpc) is 2.84. The molecule has 7 nitrogen and oxygen atoms in total. The third-order valence-electron chi connectivity index (χ3n) is 5.57. The van der Waals surface area contributed by atoms with E-state index in [0.29, 0.717) is 23.9 Å². The predicted molar refractivity (Wildman–Crippen MR) is 128 cm³/mol. The number of carbonyl (C=O) groups excluding carboxylic acids is 1. The normalized spacial score (nSPS) is 14.9. The number of nitrogens with zero attached hydrogens (tertiary/aromatic N) is 3. The number of benzene rings is 2. The van der Waals surface area contributed by atoms with Crippen molar-refractivity contribution in [2.75, 3.05) is 38.2 Å². The van der Waals surface area contributed by atoms with Crippen LogP contribution in [0.5, 0.6) is 11.6 Å². The Balaban J connectivity index is 1.46. The van der Waals surface area contributed by atoms with Crippen LogP contribution < -0.4 is 10.1 Å². The summed E-state index contributed by atoms with van der Waals surface area (Å²) in [4.78, 5) is 21.9. The average molecular weight is 447 g/mol. The van der Waals surface area contributed by atoms with Crippen molar-refractivity contribution in [3.8, 4) is 11.6 Å². The standard InChI is InChI=1S/C26H30N4O3/c1-21(19-29-14-16-32-17-15-29)30(20-22-8-4-2-5-9-22)26(31)28-23-12-13-27-25(18-23)33-24-10-6-3-7-11-24/h2-13,18,21H,14-17,19-20H2,1H3,(H,27,28,31)/t21-/m0/s1. The van der Waals surface area contributed by atoms with Gasteiger partial charge in [0, 0.05) is 50.2 Å². The van der Waals surface area contributed by atoms with Crippen molar-refractivity contribution in [1.29, 1.82) is 0 Å². The molecule has 172 valence electrons. The van der Waals surface area contributed by atoms with Crippen molar-refractivity contribution in [3.63, 3.8) is 0 Å². The van der Waals surface area contributed by atoms with Gasteiger partial charge in [-0.25, -0.2) is 9.78 Å². The Bertz CT molecular complexity index is 1010. The highest BCUT2D eigenvalue weighted by Crippen LogP contribution is 2.22. The molecule has 2 aromatic carbocycles. The first-order valence-electron chi connectivity index (χ1n) is 11.3. The molecule has 2 heterocycles. The molecule has 4 rings (SSSR count). The number of para-hydroxylation sites is 1. The summed E-state index contributed by atoms with van der Waals surface area (Å²) in [5, 5.41) is 3.03. The summed E-state index contributed by atoms with van der Waals surface area (Å²) < 4.78 is 11.3. The molecule has 2 amide bonds. The second-order valence-electron chi connectivity index (χ2n) is 8.10. The van der Waals surface area contributed by atoms with Crippen LogP contribution in [0.4, 0.5) is 10.5 Å². The Kier molecular flexibility index (Phi) is 7.90. The smallest absolute Gasteiger partial charge is 0.322 e. The second kappa shape index (κ2) is 11.4. The molecule has 1 N–H and O–H groups in total. The van der Waals surface area contributed by atoms with Crippen molar-refractivity contribution in [2.24, 2.45) is 0 Å². The van der Waals surface area contributed by atoms with Gasteiger partial charge in [-0.05, 0) is 30.7 Å². The SMILES string of the molecule is C[C@@H](CN1CCOCC1)N(Cc1ccccc1)C(=O)Nc1ccnc(Oc2ccccc2)c1. The summed E-state index contributed by atoms with van der Waals surface area (Å²) in [7, 11) is 0. The molecule has 3 aromatic rings. The van der Waals surface area contributed by atoms with Crippen LogP contribution in [0.15, 0.2) is 79.0 Å². The Morgan fingerprint density at radius 1 is 1.09 bits per heavy atom. The van der Waals surface area contributed by atoms with Gasteiger partial charge in [-0.2, -0.15) is 0 Å². The Labute approximate surface area is 195 Å². The molecule has 7 heteroatoms. The molecule has 1 aliphatic heterocycles. The van der Waals surface area contributed by atoms with Gasteiger partial charge in [-0.3, -0.25) is 4.90 Å². The summed E-state index contributed by atoms with van der Waals surface area (Å²) in [5.74, 6) is 1.12. The lowest BCUT2D eigenvalue weighted by Crippen LogP contribution is -2.49. The van der Waals surface area contributed by atoms with Gasteiger partial charge >= 0.3 is 6.03 Å². The van der Waals surface area contributed by atoms with Crippen LogP contribution in [0.1, 0.15) is 12.5 Å². The molecule has 1 aromatic heterocycles. The van der Waals surface area contributed by atoms with Gasteiger partial charge in [0.15, 0.2) is 0 Å². The van der Waals surface area contributed by atoms with Gasteiger partial charge in [-0.15, -0.1) is 0 Å². The molecule has 0 bridgehead atoms. The summed E-state index contributed by atoms with van der Waals surface area (Å²) in [6, 6.07) is 22.9. The van der Waals surface area contributed by atoms with Crippen molar-refractivity contribution < 1.29 is 14.3 Å². The lowest BCUT2D eigenvalue weighted by atomic mass is 10.1. The van der Waals surface area contributed by atoms with Crippen LogP contribution in [0.25, 0.3) is 0 Å². The minimum absolute atomic E-state index is 0.0187.